The molecule has 0 aliphatic carbocycles. The van der Waals surface area contributed by atoms with Crippen LogP contribution in [0.3, 0.4) is 0 Å². The summed E-state index contributed by atoms with van der Waals surface area (Å²) < 4.78 is 2.05. The molecule has 1 heterocycles. The summed E-state index contributed by atoms with van der Waals surface area (Å²) in [6, 6.07) is 4.40. The number of aryl methyl sites for hydroxylation is 3. The van der Waals surface area contributed by atoms with Crippen molar-refractivity contribution in [2.45, 2.75) is 54.1 Å². The van der Waals surface area contributed by atoms with Crippen LogP contribution in [0.1, 0.15) is 48.0 Å². The third kappa shape index (κ3) is 3.04. The van der Waals surface area contributed by atoms with Gasteiger partial charge in [0.2, 0.25) is 0 Å². The second kappa shape index (κ2) is 5.80. The third-order valence-corrected chi connectivity index (χ3v) is 3.83. The number of nitrogens with one attached hydrogen (secondary N) is 1. The first-order valence-corrected chi connectivity index (χ1v) is 7.40. The predicted octanol–water partition coefficient (Wildman–Crippen LogP) is 4.02. The van der Waals surface area contributed by atoms with Gasteiger partial charge in [0.1, 0.15) is 5.75 Å². The molecule has 2 N–H and O–H groups in total. The van der Waals surface area contributed by atoms with Gasteiger partial charge in [-0.15, -0.1) is 0 Å². The van der Waals surface area contributed by atoms with Crippen LogP contribution in [-0.2, 0) is 6.54 Å². The second-order valence-electron chi connectivity index (χ2n) is 6.02. The van der Waals surface area contributed by atoms with E-state index in [9.17, 15) is 5.11 Å². The minimum atomic E-state index is 0.359. The number of benzene rings is 1. The monoisotopic (exact) mass is 287 g/mol. The van der Waals surface area contributed by atoms with Crippen molar-refractivity contribution < 1.29 is 5.11 Å². The molecule has 0 saturated heterocycles. The van der Waals surface area contributed by atoms with Crippen molar-refractivity contribution in [2.24, 2.45) is 0 Å². The average Bonchev–Trinajstić information content (AvgIpc) is 2.69. The number of hydrogen-bond acceptors (Lipinski definition) is 3. The van der Waals surface area contributed by atoms with Gasteiger partial charge in [0, 0.05) is 12.6 Å². The molecule has 2 rings (SSSR count). The van der Waals surface area contributed by atoms with Gasteiger partial charge < -0.3 is 10.4 Å². The highest BCUT2D eigenvalue weighted by molar-refractivity contribution is 5.53. The van der Waals surface area contributed by atoms with Crippen LogP contribution < -0.4 is 5.32 Å². The SMILES string of the molecule is Cc1cc(CNc2c(C)nn(C(C)C)c2C)cc(C)c1O. The van der Waals surface area contributed by atoms with Crippen molar-refractivity contribution in [1.82, 2.24) is 9.78 Å². The van der Waals surface area contributed by atoms with E-state index in [4.69, 9.17) is 0 Å². The molecule has 0 spiro atoms. The number of rotatable bonds is 4. The van der Waals surface area contributed by atoms with E-state index >= 15 is 0 Å². The van der Waals surface area contributed by atoms with E-state index in [-0.39, 0.29) is 0 Å². The first-order valence-electron chi connectivity index (χ1n) is 7.40. The highest BCUT2D eigenvalue weighted by atomic mass is 16.3. The average molecular weight is 287 g/mol. The fraction of sp³-hybridized carbons (Fsp3) is 0.471. The standard InChI is InChI=1S/C17H25N3O/c1-10(2)20-14(6)16(13(5)19-20)18-9-15-7-11(3)17(21)12(4)8-15/h7-8,10,18,21H,9H2,1-6H3. The fourth-order valence-electron chi connectivity index (χ4n) is 2.76. The Morgan fingerprint density at radius 3 is 2.19 bits per heavy atom. The lowest BCUT2D eigenvalue weighted by atomic mass is 10.1. The molecule has 0 unspecified atom stereocenters. The maximum atomic E-state index is 9.83. The van der Waals surface area contributed by atoms with Crippen molar-refractivity contribution in [3.8, 4) is 5.75 Å². The Balaban J connectivity index is 2.21. The van der Waals surface area contributed by atoms with Gasteiger partial charge in [-0.1, -0.05) is 12.1 Å². The van der Waals surface area contributed by atoms with Crippen molar-refractivity contribution in [3.63, 3.8) is 0 Å². The summed E-state index contributed by atoms with van der Waals surface area (Å²) in [4.78, 5) is 0. The molecule has 0 fully saturated rings. The van der Waals surface area contributed by atoms with Crippen LogP contribution in [0.5, 0.6) is 5.75 Å². The molecular formula is C17H25N3O. The van der Waals surface area contributed by atoms with Crippen molar-refractivity contribution in [1.29, 1.82) is 0 Å². The second-order valence-corrected chi connectivity index (χ2v) is 6.02. The number of hydrogen-bond donors (Lipinski definition) is 2. The Morgan fingerprint density at radius 2 is 1.71 bits per heavy atom. The molecule has 114 valence electrons. The van der Waals surface area contributed by atoms with Gasteiger partial charge in [-0.05, 0) is 58.2 Å². The predicted molar refractivity (Wildman–Crippen MR) is 87.0 cm³/mol. The Bertz CT molecular complexity index is 633. The fourth-order valence-corrected chi connectivity index (χ4v) is 2.76. The number of aromatic hydroxyl groups is 1. The Labute approximate surface area is 126 Å². The van der Waals surface area contributed by atoms with Crippen LogP contribution >= 0.6 is 0 Å². The van der Waals surface area contributed by atoms with Gasteiger partial charge in [-0.2, -0.15) is 5.10 Å². The number of nitrogens with zero attached hydrogens (tertiary/aromatic N) is 2. The van der Waals surface area contributed by atoms with Crippen LogP contribution in [0.2, 0.25) is 0 Å². The highest BCUT2D eigenvalue weighted by Gasteiger charge is 2.13. The minimum absolute atomic E-state index is 0.359. The third-order valence-electron chi connectivity index (χ3n) is 3.83. The quantitative estimate of drug-likeness (QED) is 0.893. The lowest BCUT2D eigenvalue weighted by molar-refractivity contribution is 0.466. The van der Waals surface area contributed by atoms with Gasteiger partial charge >= 0.3 is 0 Å². The molecule has 4 heteroatoms. The summed E-state index contributed by atoms with van der Waals surface area (Å²) >= 11 is 0. The van der Waals surface area contributed by atoms with Crippen molar-refractivity contribution >= 4 is 5.69 Å². The van der Waals surface area contributed by atoms with Gasteiger partial charge in [0.05, 0.1) is 17.1 Å². The van der Waals surface area contributed by atoms with Gasteiger partial charge in [-0.3, -0.25) is 4.68 Å². The maximum Gasteiger partial charge on any atom is 0.121 e. The number of anilines is 1. The molecule has 0 aliphatic rings. The molecular weight excluding hydrogens is 262 g/mol. The molecule has 0 atom stereocenters. The lowest BCUT2D eigenvalue weighted by Crippen LogP contribution is -2.06. The topological polar surface area (TPSA) is 50.1 Å². The zero-order chi connectivity index (χ0) is 15.7. The van der Waals surface area contributed by atoms with Gasteiger partial charge in [0.15, 0.2) is 0 Å². The van der Waals surface area contributed by atoms with E-state index in [0.717, 1.165) is 34.7 Å². The van der Waals surface area contributed by atoms with Crippen molar-refractivity contribution in [2.75, 3.05) is 5.32 Å². The summed E-state index contributed by atoms with van der Waals surface area (Å²) in [5, 5.41) is 17.9. The summed E-state index contributed by atoms with van der Waals surface area (Å²) in [6.07, 6.45) is 0. The summed E-state index contributed by atoms with van der Waals surface area (Å²) in [5.41, 5.74) is 6.28. The van der Waals surface area contributed by atoms with Crippen LogP contribution in [-0.4, -0.2) is 14.9 Å². The van der Waals surface area contributed by atoms with E-state index in [0.29, 0.717) is 11.8 Å². The van der Waals surface area contributed by atoms with E-state index in [1.54, 1.807) is 0 Å². The molecule has 2 aromatic rings. The molecule has 21 heavy (non-hydrogen) atoms. The normalized spacial score (nSPS) is 11.2. The first-order chi connectivity index (χ1) is 9.81. The number of aromatic nitrogens is 2. The summed E-state index contributed by atoms with van der Waals surface area (Å²) in [5.74, 6) is 0.388. The molecule has 1 aromatic carbocycles. The Morgan fingerprint density at radius 1 is 1.14 bits per heavy atom. The first kappa shape index (κ1) is 15.4. The van der Waals surface area contributed by atoms with E-state index in [2.05, 4.69) is 31.2 Å². The van der Waals surface area contributed by atoms with Crippen molar-refractivity contribution in [3.05, 3.63) is 40.2 Å². The van der Waals surface area contributed by atoms with Gasteiger partial charge in [0.25, 0.3) is 0 Å². The maximum absolute atomic E-state index is 9.83. The zero-order valence-electron chi connectivity index (χ0n) is 13.8. The Hall–Kier alpha value is -1.97. The van der Waals surface area contributed by atoms with Crippen LogP contribution in [0.15, 0.2) is 12.1 Å². The summed E-state index contributed by atoms with van der Waals surface area (Å²) in [6.45, 7) is 13.0. The minimum Gasteiger partial charge on any atom is -0.507 e. The van der Waals surface area contributed by atoms with Crippen LogP contribution in [0.25, 0.3) is 0 Å². The molecule has 0 aliphatic heterocycles. The molecule has 1 aromatic heterocycles. The molecule has 0 bridgehead atoms. The molecule has 0 amide bonds. The number of phenols is 1. The molecule has 4 nitrogen and oxygen atoms in total. The van der Waals surface area contributed by atoms with Gasteiger partial charge in [-0.25, -0.2) is 0 Å². The molecule has 0 radical (unpaired) electrons. The number of phenolic OH excluding ortho intramolecular Hbond substituents is 1. The largest absolute Gasteiger partial charge is 0.507 e. The smallest absolute Gasteiger partial charge is 0.121 e. The summed E-state index contributed by atoms with van der Waals surface area (Å²) in [7, 11) is 0. The highest BCUT2D eigenvalue weighted by Crippen LogP contribution is 2.25. The molecule has 0 saturated carbocycles. The zero-order valence-corrected chi connectivity index (χ0v) is 13.8. The lowest BCUT2D eigenvalue weighted by Gasteiger charge is -2.12. The van der Waals surface area contributed by atoms with E-state index in [1.165, 1.54) is 5.56 Å². The van der Waals surface area contributed by atoms with E-state index < -0.39 is 0 Å². The Kier molecular flexibility index (Phi) is 4.26. The van der Waals surface area contributed by atoms with E-state index in [1.807, 2.05) is 37.6 Å². The van der Waals surface area contributed by atoms with Crippen LogP contribution in [0, 0.1) is 27.7 Å². The van der Waals surface area contributed by atoms with Crippen LogP contribution in [0.4, 0.5) is 5.69 Å².